The number of aryl methyl sites for hydroxylation is 2. The molecule has 4 rings (SSSR count). The van der Waals surface area contributed by atoms with Crippen LogP contribution in [0.2, 0.25) is 0 Å². The first-order chi connectivity index (χ1) is 16.5. The maximum atomic E-state index is 13.5. The maximum Gasteiger partial charge on any atom is 0.229 e. The van der Waals surface area contributed by atoms with Gasteiger partial charge in [0.2, 0.25) is 5.91 Å². The third-order valence-corrected chi connectivity index (χ3v) is 5.33. The van der Waals surface area contributed by atoms with E-state index in [9.17, 15) is 13.6 Å². The van der Waals surface area contributed by atoms with Crippen LogP contribution in [-0.4, -0.2) is 23.0 Å². The van der Waals surface area contributed by atoms with Gasteiger partial charge in [0.15, 0.2) is 17.5 Å². The Morgan fingerprint density at radius 2 is 1.68 bits per heavy atom. The minimum Gasteiger partial charge on any atom is -0.497 e. The molecule has 0 aliphatic heterocycles. The fourth-order valence-electron chi connectivity index (χ4n) is 3.53. The number of hydrogen-bond acceptors (Lipinski definition) is 4. The first kappa shape index (κ1) is 23.0. The van der Waals surface area contributed by atoms with E-state index in [0.717, 1.165) is 29.0 Å². The summed E-state index contributed by atoms with van der Waals surface area (Å²) in [6.07, 6.45) is 2.76. The highest BCUT2D eigenvalue weighted by atomic mass is 19.2. The molecule has 1 aromatic heterocycles. The molecule has 0 bridgehead atoms. The Kier molecular flexibility index (Phi) is 7.22. The summed E-state index contributed by atoms with van der Waals surface area (Å²) in [4.78, 5) is 21.9. The van der Waals surface area contributed by atoms with Crippen LogP contribution < -0.4 is 10.1 Å². The quantitative estimate of drug-likeness (QED) is 0.383. The number of aromatic nitrogens is 2. The molecule has 3 aromatic carbocycles. The summed E-state index contributed by atoms with van der Waals surface area (Å²) in [5, 5.41) is 2.78. The van der Waals surface area contributed by atoms with Gasteiger partial charge in [-0.3, -0.25) is 4.79 Å². The van der Waals surface area contributed by atoms with Crippen molar-refractivity contribution in [2.45, 2.75) is 19.3 Å². The summed E-state index contributed by atoms with van der Waals surface area (Å²) in [5.41, 5.74) is 3.68. The SMILES string of the molecule is COc1ccc(-c2cnc(NC(=O)Cc3ccc(F)c(F)c3)c(CCc3ccccc3)n2)cc1. The number of carbonyl (C=O) groups excluding carboxylic acids is 1. The van der Waals surface area contributed by atoms with Crippen molar-refractivity contribution in [2.24, 2.45) is 0 Å². The summed E-state index contributed by atoms with van der Waals surface area (Å²) in [7, 11) is 1.61. The number of halogens is 2. The van der Waals surface area contributed by atoms with Crippen LogP contribution in [0.15, 0.2) is 79.0 Å². The van der Waals surface area contributed by atoms with Crippen LogP contribution in [-0.2, 0) is 24.1 Å². The zero-order valence-corrected chi connectivity index (χ0v) is 18.6. The van der Waals surface area contributed by atoms with Crippen molar-refractivity contribution in [3.63, 3.8) is 0 Å². The van der Waals surface area contributed by atoms with E-state index >= 15 is 0 Å². The maximum absolute atomic E-state index is 13.5. The summed E-state index contributed by atoms with van der Waals surface area (Å²) in [6.45, 7) is 0. The fourth-order valence-corrected chi connectivity index (χ4v) is 3.53. The molecule has 172 valence electrons. The van der Waals surface area contributed by atoms with Gasteiger partial charge in [0.25, 0.3) is 0 Å². The fraction of sp³-hybridized carbons (Fsp3) is 0.148. The molecule has 0 saturated heterocycles. The van der Waals surface area contributed by atoms with Crippen molar-refractivity contribution in [1.82, 2.24) is 9.97 Å². The number of methoxy groups -OCH3 is 1. The highest BCUT2D eigenvalue weighted by molar-refractivity contribution is 5.92. The first-order valence-corrected chi connectivity index (χ1v) is 10.8. The molecule has 0 aliphatic rings. The van der Waals surface area contributed by atoms with E-state index in [4.69, 9.17) is 9.72 Å². The zero-order valence-electron chi connectivity index (χ0n) is 18.6. The number of nitrogens with zero attached hydrogens (tertiary/aromatic N) is 2. The molecule has 0 saturated carbocycles. The summed E-state index contributed by atoms with van der Waals surface area (Å²) >= 11 is 0. The Bertz CT molecular complexity index is 1280. The zero-order chi connectivity index (χ0) is 23.9. The molecular formula is C27H23F2N3O2. The average Bonchev–Trinajstić information content (AvgIpc) is 2.86. The van der Waals surface area contributed by atoms with Crippen LogP contribution in [0.4, 0.5) is 14.6 Å². The lowest BCUT2D eigenvalue weighted by atomic mass is 10.1. The Morgan fingerprint density at radius 1 is 0.912 bits per heavy atom. The lowest BCUT2D eigenvalue weighted by Crippen LogP contribution is -2.18. The Morgan fingerprint density at radius 3 is 2.38 bits per heavy atom. The van der Waals surface area contributed by atoms with Gasteiger partial charge in [0, 0.05) is 5.56 Å². The number of nitrogens with one attached hydrogen (secondary N) is 1. The molecule has 0 radical (unpaired) electrons. The molecule has 1 heterocycles. The molecule has 34 heavy (non-hydrogen) atoms. The predicted molar refractivity (Wildman–Crippen MR) is 127 cm³/mol. The second-order valence-electron chi connectivity index (χ2n) is 7.74. The van der Waals surface area contributed by atoms with Crippen molar-refractivity contribution in [1.29, 1.82) is 0 Å². The Hall–Kier alpha value is -4.13. The second kappa shape index (κ2) is 10.7. The smallest absolute Gasteiger partial charge is 0.229 e. The second-order valence-corrected chi connectivity index (χ2v) is 7.74. The number of benzene rings is 3. The van der Waals surface area contributed by atoms with Gasteiger partial charge in [-0.1, -0.05) is 36.4 Å². The van der Waals surface area contributed by atoms with Crippen LogP contribution in [0.1, 0.15) is 16.8 Å². The van der Waals surface area contributed by atoms with Crippen LogP contribution >= 0.6 is 0 Å². The van der Waals surface area contributed by atoms with Crippen molar-refractivity contribution >= 4 is 11.7 Å². The predicted octanol–water partition coefficient (Wildman–Crippen LogP) is 5.40. The standard InChI is InChI=1S/C27H23F2N3O2/c1-34-21-11-9-20(10-12-21)25-17-30-27(24(31-25)14-8-18-5-3-2-4-6-18)32-26(33)16-19-7-13-22(28)23(29)15-19/h2-7,9-13,15,17H,8,14,16H2,1H3,(H,30,32,33). The Labute approximate surface area is 196 Å². The van der Waals surface area contributed by atoms with Gasteiger partial charge < -0.3 is 10.1 Å². The first-order valence-electron chi connectivity index (χ1n) is 10.8. The summed E-state index contributed by atoms with van der Waals surface area (Å²) in [5.74, 6) is -1.24. The minimum atomic E-state index is -0.988. The molecular weight excluding hydrogens is 436 g/mol. The summed E-state index contributed by atoms with van der Waals surface area (Å²) in [6, 6.07) is 20.8. The van der Waals surface area contributed by atoms with E-state index in [2.05, 4.69) is 10.3 Å². The van der Waals surface area contributed by atoms with E-state index in [1.54, 1.807) is 13.3 Å². The number of anilines is 1. The van der Waals surface area contributed by atoms with E-state index in [1.807, 2.05) is 54.6 Å². The highest BCUT2D eigenvalue weighted by Gasteiger charge is 2.14. The van der Waals surface area contributed by atoms with Gasteiger partial charge in [0.1, 0.15) is 5.75 Å². The van der Waals surface area contributed by atoms with Crippen LogP contribution in [0.3, 0.4) is 0 Å². The van der Waals surface area contributed by atoms with Crippen LogP contribution in [0.25, 0.3) is 11.3 Å². The van der Waals surface area contributed by atoms with Gasteiger partial charge in [0.05, 0.1) is 31.1 Å². The number of carbonyl (C=O) groups is 1. The molecule has 0 aliphatic carbocycles. The van der Waals surface area contributed by atoms with Crippen molar-refractivity contribution < 1.29 is 18.3 Å². The van der Waals surface area contributed by atoms with E-state index in [-0.39, 0.29) is 6.42 Å². The number of amides is 1. The Balaban J connectivity index is 1.57. The van der Waals surface area contributed by atoms with Crippen LogP contribution in [0.5, 0.6) is 5.75 Å². The van der Waals surface area contributed by atoms with E-state index in [0.29, 0.717) is 35.6 Å². The number of rotatable bonds is 8. The third-order valence-electron chi connectivity index (χ3n) is 5.33. The van der Waals surface area contributed by atoms with E-state index < -0.39 is 17.5 Å². The average molecular weight is 459 g/mol. The number of hydrogen-bond donors (Lipinski definition) is 1. The normalized spacial score (nSPS) is 10.7. The third kappa shape index (κ3) is 5.81. The van der Waals surface area contributed by atoms with Crippen molar-refractivity contribution in [3.8, 4) is 17.0 Å². The van der Waals surface area contributed by atoms with Gasteiger partial charge in [-0.25, -0.2) is 18.7 Å². The lowest BCUT2D eigenvalue weighted by molar-refractivity contribution is -0.115. The molecule has 0 atom stereocenters. The van der Waals surface area contributed by atoms with E-state index in [1.165, 1.54) is 6.07 Å². The van der Waals surface area contributed by atoms with Gasteiger partial charge in [-0.05, 0) is 60.4 Å². The van der Waals surface area contributed by atoms with Crippen LogP contribution in [0, 0.1) is 11.6 Å². The van der Waals surface area contributed by atoms with Gasteiger partial charge >= 0.3 is 0 Å². The molecule has 1 N–H and O–H groups in total. The largest absolute Gasteiger partial charge is 0.497 e. The monoisotopic (exact) mass is 459 g/mol. The molecule has 1 amide bonds. The van der Waals surface area contributed by atoms with Crippen molar-refractivity contribution in [3.05, 3.63) is 107 Å². The molecule has 0 unspecified atom stereocenters. The molecule has 4 aromatic rings. The molecule has 7 heteroatoms. The van der Waals surface area contributed by atoms with Gasteiger partial charge in [-0.15, -0.1) is 0 Å². The topological polar surface area (TPSA) is 64.1 Å². The van der Waals surface area contributed by atoms with Gasteiger partial charge in [-0.2, -0.15) is 0 Å². The number of ether oxygens (including phenoxy) is 1. The summed E-state index contributed by atoms with van der Waals surface area (Å²) < 4.78 is 31.9. The molecule has 0 spiro atoms. The molecule has 0 fully saturated rings. The molecule has 5 nitrogen and oxygen atoms in total. The minimum absolute atomic E-state index is 0.114. The van der Waals surface area contributed by atoms with Crippen molar-refractivity contribution in [2.75, 3.05) is 12.4 Å². The lowest BCUT2D eigenvalue weighted by Gasteiger charge is -2.12. The highest BCUT2D eigenvalue weighted by Crippen LogP contribution is 2.23.